The molecule has 6 aromatic rings. The molecule has 0 aliphatic rings. The number of hydrogen-bond donors (Lipinski definition) is 1. The Morgan fingerprint density at radius 2 is 1.88 bits per heavy atom. The zero-order valence-electron chi connectivity index (χ0n) is 19.4. The number of hydrogen-bond acceptors (Lipinski definition) is 4. The molecule has 0 spiro atoms. The van der Waals surface area contributed by atoms with E-state index in [4.69, 9.17) is 8.85 Å². The van der Waals surface area contributed by atoms with Gasteiger partial charge in [0.2, 0.25) is 5.88 Å². The van der Waals surface area contributed by atoms with Gasteiger partial charge in [-0.3, -0.25) is 0 Å². The molecule has 3 aromatic heterocycles. The number of aromatic nitrogens is 3. The standard InChI is InChI=1S/C26H16N3O2.Pt/c30-23-9-5-6-17-11-14-25(28-26(17)23)31-18-12-13-20-19-7-1-2-8-21(19)29(22(20)16-18)24-10-3-4-15-27-24;/h1-15,30H;/q-1;/i3D,6D,7D;. The van der Waals surface area contributed by atoms with Gasteiger partial charge >= 0.3 is 0 Å². The number of benzene rings is 3. The van der Waals surface area contributed by atoms with Crippen molar-refractivity contribution in [3.63, 3.8) is 0 Å². The molecule has 3 aromatic carbocycles. The van der Waals surface area contributed by atoms with E-state index in [-0.39, 0.29) is 44.3 Å². The predicted octanol–water partition coefficient (Wildman–Crippen LogP) is 6.02. The summed E-state index contributed by atoms with van der Waals surface area (Å²) < 4.78 is 32.3. The number of ether oxygens (including phenoxy) is 1. The molecule has 6 rings (SSSR count). The van der Waals surface area contributed by atoms with Gasteiger partial charge in [-0.2, -0.15) is 6.07 Å². The van der Waals surface area contributed by atoms with Crippen molar-refractivity contribution in [2.75, 3.05) is 0 Å². The van der Waals surface area contributed by atoms with E-state index < -0.39 is 0 Å². The summed E-state index contributed by atoms with van der Waals surface area (Å²) in [5.74, 6) is 1.15. The van der Waals surface area contributed by atoms with Crippen LogP contribution in [0.3, 0.4) is 0 Å². The fraction of sp³-hybridized carbons (Fsp3) is 0. The Morgan fingerprint density at radius 1 is 0.938 bits per heavy atom. The molecule has 0 aliphatic carbocycles. The summed E-state index contributed by atoms with van der Waals surface area (Å²) in [4.78, 5) is 8.81. The van der Waals surface area contributed by atoms with Crippen LogP contribution in [0.15, 0.2) is 91.1 Å². The fourth-order valence-electron chi connectivity index (χ4n) is 3.74. The molecule has 6 heteroatoms. The molecule has 0 aliphatic heterocycles. The van der Waals surface area contributed by atoms with Gasteiger partial charge in [0, 0.05) is 50.0 Å². The van der Waals surface area contributed by atoms with Crippen LogP contribution in [0.4, 0.5) is 0 Å². The van der Waals surface area contributed by atoms with Gasteiger partial charge in [-0.1, -0.05) is 41.8 Å². The topological polar surface area (TPSA) is 60.2 Å². The molecule has 0 saturated heterocycles. The number of phenolic OH excluding ortho intramolecular Hbond substituents is 1. The molecule has 1 N–H and O–H groups in total. The maximum Gasteiger partial charge on any atom is 0.217 e. The molecule has 5 nitrogen and oxygen atoms in total. The van der Waals surface area contributed by atoms with Crippen molar-refractivity contribution < 1.29 is 35.0 Å². The predicted molar refractivity (Wildman–Crippen MR) is 121 cm³/mol. The van der Waals surface area contributed by atoms with Crippen molar-refractivity contribution in [2.24, 2.45) is 0 Å². The third-order valence-electron chi connectivity index (χ3n) is 5.09. The van der Waals surface area contributed by atoms with E-state index in [2.05, 4.69) is 16.0 Å². The van der Waals surface area contributed by atoms with E-state index in [0.29, 0.717) is 34.6 Å². The number of phenols is 1. The third-order valence-corrected chi connectivity index (χ3v) is 5.09. The number of fused-ring (bicyclic) bond motifs is 4. The molecule has 0 amide bonds. The molecular weight excluding hydrogens is 581 g/mol. The van der Waals surface area contributed by atoms with Gasteiger partial charge in [0.05, 0.1) is 4.11 Å². The monoisotopic (exact) mass is 600 g/mol. The summed E-state index contributed by atoms with van der Waals surface area (Å²) in [7, 11) is 0. The summed E-state index contributed by atoms with van der Waals surface area (Å²) in [5.41, 5.74) is 1.73. The zero-order chi connectivity index (χ0) is 23.4. The van der Waals surface area contributed by atoms with Crippen molar-refractivity contribution in [1.82, 2.24) is 14.5 Å². The van der Waals surface area contributed by atoms with Crippen molar-refractivity contribution in [2.45, 2.75) is 0 Å². The maximum absolute atomic E-state index is 10.2. The first-order chi connectivity index (χ1) is 16.5. The Morgan fingerprint density at radius 3 is 2.78 bits per heavy atom. The number of rotatable bonds is 3. The summed E-state index contributed by atoms with van der Waals surface area (Å²) >= 11 is 0. The second-order valence-corrected chi connectivity index (χ2v) is 6.98. The SMILES string of the molecule is [2H]c1ccnc(-n2c3[c-]c(Oc4ccc5c([2H])ccc(O)c5n4)ccc3c3c([2H])cccc32)c1.[Pt]. The Hall–Kier alpha value is -3.69. The van der Waals surface area contributed by atoms with Crippen LogP contribution in [0.1, 0.15) is 4.11 Å². The summed E-state index contributed by atoms with van der Waals surface area (Å²) in [5, 5.41) is 12.3. The largest absolute Gasteiger partial charge is 0.506 e. The minimum Gasteiger partial charge on any atom is -0.506 e. The van der Waals surface area contributed by atoms with E-state index in [0.717, 1.165) is 16.3 Å². The van der Waals surface area contributed by atoms with Crippen LogP contribution in [0, 0.1) is 6.07 Å². The molecule has 0 atom stereocenters. The number of aromatic hydroxyl groups is 1. The van der Waals surface area contributed by atoms with Crippen molar-refractivity contribution in [1.29, 1.82) is 0 Å². The van der Waals surface area contributed by atoms with E-state index in [1.165, 1.54) is 12.1 Å². The Bertz CT molecular complexity index is 1750. The van der Waals surface area contributed by atoms with Crippen LogP contribution in [0.5, 0.6) is 17.4 Å². The van der Waals surface area contributed by atoms with Crippen molar-refractivity contribution >= 4 is 32.7 Å². The minimum absolute atomic E-state index is 0. The van der Waals surface area contributed by atoms with Crippen LogP contribution < -0.4 is 4.74 Å². The molecule has 3 heterocycles. The van der Waals surface area contributed by atoms with E-state index in [1.54, 1.807) is 42.6 Å². The van der Waals surface area contributed by atoms with Gasteiger partial charge in [0.15, 0.2) is 0 Å². The van der Waals surface area contributed by atoms with Gasteiger partial charge in [0.25, 0.3) is 0 Å². The molecule has 0 bridgehead atoms. The number of para-hydroxylation sites is 2. The molecule has 0 radical (unpaired) electrons. The fourth-order valence-corrected chi connectivity index (χ4v) is 3.74. The van der Waals surface area contributed by atoms with Gasteiger partial charge in [0.1, 0.15) is 17.1 Å². The number of pyridine rings is 2. The van der Waals surface area contributed by atoms with E-state index >= 15 is 0 Å². The Labute approximate surface area is 202 Å². The molecule has 0 saturated carbocycles. The molecule has 0 unspecified atom stereocenters. The molecule has 32 heavy (non-hydrogen) atoms. The maximum atomic E-state index is 10.2. The average molecular weight is 601 g/mol. The van der Waals surface area contributed by atoms with Gasteiger partial charge < -0.3 is 14.4 Å². The van der Waals surface area contributed by atoms with Gasteiger partial charge in [-0.15, -0.1) is 17.5 Å². The second-order valence-electron chi connectivity index (χ2n) is 6.98. The van der Waals surface area contributed by atoms with Crippen molar-refractivity contribution in [3.8, 4) is 23.2 Å². The Kier molecular flexibility index (Phi) is 4.29. The van der Waals surface area contributed by atoms with Gasteiger partial charge in [-0.25, -0.2) is 9.97 Å². The Balaban J connectivity index is 0.00000253. The van der Waals surface area contributed by atoms with E-state index in [1.807, 2.05) is 22.8 Å². The van der Waals surface area contributed by atoms with Gasteiger partial charge in [-0.05, 0) is 35.7 Å². The first-order valence-electron chi connectivity index (χ1n) is 11.2. The number of nitrogens with zero attached hydrogens (tertiary/aromatic N) is 3. The summed E-state index contributed by atoms with van der Waals surface area (Å²) in [6, 6.07) is 22.8. The minimum atomic E-state index is -0.0275. The van der Waals surface area contributed by atoms with Crippen LogP contribution in [-0.2, 0) is 21.1 Å². The molecule has 0 fully saturated rings. The van der Waals surface area contributed by atoms with Crippen LogP contribution in [0.25, 0.3) is 38.5 Å². The molecular formula is C26H16N3O2Pt-. The normalized spacial score (nSPS) is 12.3. The van der Waals surface area contributed by atoms with Crippen LogP contribution in [0.2, 0.25) is 0 Å². The smallest absolute Gasteiger partial charge is 0.217 e. The van der Waals surface area contributed by atoms with E-state index in [9.17, 15) is 5.11 Å². The quantitative estimate of drug-likeness (QED) is 0.253. The summed E-state index contributed by atoms with van der Waals surface area (Å²) in [6.07, 6.45) is 1.58. The first kappa shape index (κ1) is 16.9. The first-order valence-corrected chi connectivity index (χ1v) is 9.66. The molecule has 158 valence electrons. The van der Waals surface area contributed by atoms with Crippen LogP contribution >= 0.6 is 0 Å². The van der Waals surface area contributed by atoms with Crippen molar-refractivity contribution in [3.05, 3.63) is 97.1 Å². The summed E-state index contributed by atoms with van der Waals surface area (Å²) in [6.45, 7) is 0. The second kappa shape index (κ2) is 8.10. The average Bonchev–Trinajstić information content (AvgIpc) is 3.16. The third kappa shape index (κ3) is 3.31. The van der Waals surface area contributed by atoms with Crippen LogP contribution in [-0.4, -0.2) is 19.6 Å². The zero-order valence-corrected chi connectivity index (χ0v) is 18.7.